The van der Waals surface area contributed by atoms with Crippen LogP contribution in [0, 0.1) is 0 Å². The van der Waals surface area contributed by atoms with Gasteiger partial charge >= 0.3 is 11.9 Å². The van der Waals surface area contributed by atoms with E-state index in [2.05, 4.69) is 5.10 Å². The van der Waals surface area contributed by atoms with Crippen LogP contribution >= 0.6 is 0 Å². The van der Waals surface area contributed by atoms with Gasteiger partial charge in [0.25, 0.3) is 0 Å². The molecule has 0 saturated heterocycles. The molecule has 0 saturated carbocycles. The topological polar surface area (TPSA) is 68.2 Å². The van der Waals surface area contributed by atoms with E-state index in [0.717, 1.165) is 22.3 Å². The van der Waals surface area contributed by atoms with Crippen LogP contribution in [-0.2, 0) is 24.5 Å². The van der Waals surface area contributed by atoms with Crippen molar-refractivity contribution in [1.82, 2.24) is 5.01 Å². The summed E-state index contributed by atoms with van der Waals surface area (Å²) in [6.45, 7) is 0. The van der Waals surface area contributed by atoms with E-state index in [9.17, 15) is 9.59 Å². The maximum absolute atomic E-state index is 13.2. The standard InChI is InChI=1S/C23H18N2O4/c1-28-21(26)19-20(22(27)29-2)25-18(12-7-13-24-25)23(19)16-10-5-3-8-14(16)15-9-4-6-11-17(15)23/h3-13,18H,1-2H3. The highest BCUT2D eigenvalue weighted by molar-refractivity contribution is 6.07. The Hall–Kier alpha value is -3.67. The number of fused-ring (bicyclic) bond motifs is 7. The molecule has 29 heavy (non-hydrogen) atoms. The maximum atomic E-state index is 13.2. The monoisotopic (exact) mass is 386 g/mol. The second-order valence-corrected chi connectivity index (χ2v) is 7.04. The van der Waals surface area contributed by atoms with Gasteiger partial charge in [0.15, 0.2) is 5.70 Å². The number of methoxy groups -OCH3 is 2. The molecular formula is C23H18N2O4. The lowest BCUT2D eigenvalue weighted by molar-refractivity contribution is -0.140. The molecule has 2 heterocycles. The Morgan fingerprint density at radius 1 is 0.931 bits per heavy atom. The van der Waals surface area contributed by atoms with E-state index in [-0.39, 0.29) is 11.3 Å². The molecule has 1 unspecified atom stereocenters. The van der Waals surface area contributed by atoms with E-state index in [1.165, 1.54) is 14.2 Å². The Balaban J connectivity index is 1.96. The van der Waals surface area contributed by atoms with Crippen LogP contribution < -0.4 is 0 Å². The third kappa shape index (κ3) is 2.03. The van der Waals surface area contributed by atoms with Crippen LogP contribution in [0.1, 0.15) is 11.1 Å². The fraction of sp³-hybridized carbons (Fsp3) is 0.174. The molecule has 0 amide bonds. The van der Waals surface area contributed by atoms with E-state index in [0.29, 0.717) is 0 Å². The van der Waals surface area contributed by atoms with E-state index >= 15 is 0 Å². The van der Waals surface area contributed by atoms with Gasteiger partial charge in [-0.05, 0) is 28.3 Å². The summed E-state index contributed by atoms with van der Waals surface area (Å²) in [6.07, 6.45) is 5.40. The van der Waals surface area contributed by atoms with Crippen molar-refractivity contribution in [2.75, 3.05) is 14.2 Å². The molecular weight excluding hydrogens is 368 g/mol. The average Bonchev–Trinajstić information content (AvgIpc) is 3.25. The average molecular weight is 386 g/mol. The Kier molecular flexibility index (Phi) is 3.71. The molecule has 2 aromatic rings. The minimum absolute atomic E-state index is 0.108. The molecule has 1 spiro atoms. The second-order valence-electron chi connectivity index (χ2n) is 7.04. The molecule has 6 heteroatoms. The van der Waals surface area contributed by atoms with Gasteiger partial charge in [-0.2, -0.15) is 5.10 Å². The lowest BCUT2D eigenvalue weighted by atomic mass is 9.68. The van der Waals surface area contributed by atoms with Crippen molar-refractivity contribution in [3.63, 3.8) is 0 Å². The summed E-state index contributed by atoms with van der Waals surface area (Å²) in [5.74, 6) is -1.20. The van der Waals surface area contributed by atoms with Crippen molar-refractivity contribution in [2.24, 2.45) is 5.10 Å². The first-order chi connectivity index (χ1) is 14.2. The van der Waals surface area contributed by atoms with Crippen molar-refractivity contribution in [3.8, 4) is 11.1 Å². The molecule has 0 N–H and O–H groups in total. The molecule has 0 radical (unpaired) electrons. The van der Waals surface area contributed by atoms with E-state index in [1.807, 2.05) is 60.7 Å². The number of hydrogen-bond donors (Lipinski definition) is 0. The molecule has 6 nitrogen and oxygen atoms in total. The Morgan fingerprint density at radius 2 is 1.52 bits per heavy atom. The van der Waals surface area contributed by atoms with Gasteiger partial charge in [0.05, 0.1) is 31.2 Å². The van der Waals surface area contributed by atoms with Crippen LogP contribution in [0.15, 0.2) is 77.1 Å². The Labute approximate surface area is 167 Å². The summed E-state index contributed by atoms with van der Waals surface area (Å²) < 4.78 is 10.2. The summed E-state index contributed by atoms with van der Waals surface area (Å²) in [5, 5.41) is 6.01. The van der Waals surface area contributed by atoms with Gasteiger partial charge in [0, 0.05) is 6.21 Å². The number of nitrogens with zero attached hydrogens (tertiary/aromatic N) is 2. The highest BCUT2D eigenvalue weighted by Crippen LogP contribution is 2.60. The number of ether oxygens (including phenoxy) is 2. The zero-order valence-electron chi connectivity index (χ0n) is 16.0. The molecule has 1 aliphatic carbocycles. The number of allylic oxidation sites excluding steroid dienone is 1. The molecule has 2 aliphatic heterocycles. The lowest BCUT2D eigenvalue weighted by Gasteiger charge is -2.36. The summed E-state index contributed by atoms with van der Waals surface area (Å²) in [7, 11) is 2.62. The van der Waals surface area contributed by atoms with Gasteiger partial charge in [-0.25, -0.2) is 14.6 Å². The van der Waals surface area contributed by atoms with Gasteiger partial charge in [0.1, 0.15) is 0 Å². The number of benzene rings is 2. The SMILES string of the molecule is COC(=O)C1=C(C(=O)OC)C2(c3ccccc3-c3ccccc32)C2C=CC=NN12. The minimum Gasteiger partial charge on any atom is -0.466 e. The molecule has 0 aromatic heterocycles. The van der Waals surface area contributed by atoms with Gasteiger partial charge in [-0.3, -0.25) is 0 Å². The number of hydrogen-bond acceptors (Lipinski definition) is 6. The van der Waals surface area contributed by atoms with Crippen LogP contribution in [0.2, 0.25) is 0 Å². The van der Waals surface area contributed by atoms with E-state index < -0.39 is 23.4 Å². The van der Waals surface area contributed by atoms with Crippen LogP contribution in [0.25, 0.3) is 11.1 Å². The molecule has 0 fully saturated rings. The first-order valence-corrected chi connectivity index (χ1v) is 9.27. The highest BCUT2D eigenvalue weighted by atomic mass is 16.5. The van der Waals surface area contributed by atoms with Crippen molar-refractivity contribution in [1.29, 1.82) is 0 Å². The summed E-state index contributed by atoms with van der Waals surface area (Å²) in [4.78, 5) is 26.0. The first kappa shape index (κ1) is 17.4. The molecule has 5 rings (SSSR count). The van der Waals surface area contributed by atoms with Crippen molar-refractivity contribution in [2.45, 2.75) is 11.5 Å². The van der Waals surface area contributed by atoms with Crippen molar-refractivity contribution >= 4 is 18.2 Å². The summed E-state index contributed by atoms with van der Waals surface area (Å²) in [5.41, 5.74) is 3.36. The highest BCUT2D eigenvalue weighted by Gasteiger charge is 2.62. The fourth-order valence-corrected chi connectivity index (χ4v) is 4.90. The number of hydrazone groups is 1. The van der Waals surface area contributed by atoms with Crippen molar-refractivity contribution in [3.05, 3.63) is 83.1 Å². The van der Waals surface area contributed by atoms with Gasteiger partial charge in [0.2, 0.25) is 0 Å². The summed E-state index contributed by atoms with van der Waals surface area (Å²) in [6, 6.07) is 15.5. The van der Waals surface area contributed by atoms with Crippen LogP contribution in [0.3, 0.4) is 0 Å². The van der Waals surface area contributed by atoms with Gasteiger partial charge < -0.3 is 9.47 Å². The number of rotatable bonds is 2. The predicted molar refractivity (Wildman–Crippen MR) is 107 cm³/mol. The third-order valence-corrected chi connectivity index (χ3v) is 5.90. The van der Waals surface area contributed by atoms with E-state index in [4.69, 9.17) is 9.47 Å². The molecule has 144 valence electrons. The third-order valence-electron chi connectivity index (χ3n) is 5.90. The van der Waals surface area contributed by atoms with Crippen LogP contribution in [0.5, 0.6) is 0 Å². The first-order valence-electron chi connectivity index (χ1n) is 9.27. The normalized spacial score (nSPS) is 19.8. The van der Waals surface area contributed by atoms with Gasteiger partial charge in [-0.15, -0.1) is 0 Å². The van der Waals surface area contributed by atoms with E-state index in [1.54, 1.807) is 11.2 Å². The van der Waals surface area contributed by atoms with Crippen LogP contribution in [-0.4, -0.2) is 43.4 Å². The Morgan fingerprint density at radius 3 is 2.10 bits per heavy atom. The fourth-order valence-electron chi connectivity index (χ4n) is 4.90. The zero-order chi connectivity index (χ0) is 20.2. The van der Waals surface area contributed by atoms with Gasteiger partial charge in [-0.1, -0.05) is 54.6 Å². The summed E-state index contributed by atoms with van der Waals surface area (Å²) >= 11 is 0. The van der Waals surface area contributed by atoms with Crippen molar-refractivity contribution < 1.29 is 19.1 Å². The molecule has 2 aromatic carbocycles. The lowest BCUT2D eigenvalue weighted by Crippen LogP contribution is -2.44. The minimum atomic E-state index is -0.932. The van der Waals surface area contributed by atoms with Crippen LogP contribution in [0.4, 0.5) is 0 Å². The zero-order valence-corrected chi connectivity index (χ0v) is 16.0. The number of esters is 2. The quantitative estimate of drug-likeness (QED) is 0.743. The molecule has 1 atom stereocenters. The predicted octanol–water partition coefficient (Wildman–Crippen LogP) is 2.79. The number of carbonyl (C=O) groups excluding carboxylic acids is 2. The second kappa shape index (κ2) is 6.17. The smallest absolute Gasteiger partial charge is 0.356 e. The molecule has 0 bridgehead atoms. The maximum Gasteiger partial charge on any atom is 0.356 e. The largest absolute Gasteiger partial charge is 0.466 e. The number of carbonyl (C=O) groups is 2. The Bertz CT molecular complexity index is 1100. The molecule has 3 aliphatic rings.